The smallest absolute Gasteiger partial charge is 0.212 e. The zero-order valence-corrected chi connectivity index (χ0v) is 8.78. The first kappa shape index (κ1) is 9.09. The number of aromatic nitrogens is 1. The summed E-state index contributed by atoms with van der Waals surface area (Å²) in [6.07, 6.45) is 0. The number of nitrogens with one attached hydrogen (secondary N) is 1. The Bertz CT molecular complexity index is 272. The van der Waals surface area contributed by atoms with Crippen molar-refractivity contribution in [2.75, 3.05) is 18.1 Å². The highest BCUT2D eigenvalue weighted by Gasteiger charge is 2.20. The number of aryl methyl sites for hydroxylation is 2. The molecule has 72 valence electrons. The van der Waals surface area contributed by atoms with E-state index in [0.29, 0.717) is 6.04 Å². The van der Waals surface area contributed by atoms with Gasteiger partial charge in [-0.2, -0.15) is 11.8 Å². The zero-order chi connectivity index (χ0) is 9.26. The van der Waals surface area contributed by atoms with Gasteiger partial charge in [-0.05, 0) is 13.8 Å². The maximum absolute atomic E-state index is 5.57. The fourth-order valence-electron chi connectivity index (χ4n) is 1.37. The second-order valence-electron chi connectivity index (χ2n) is 3.28. The molecule has 1 aliphatic rings. The fraction of sp³-hybridized carbons (Fsp3) is 0.667. The molecule has 1 N–H and O–H groups in total. The predicted molar refractivity (Wildman–Crippen MR) is 54.0 cm³/mol. The van der Waals surface area contributed by atoms with Crippen molar-refractivity contribution in [3.63, 3.8) is 0 Å². The molecule has 1 aromatic rings. The van der Waals surface area contributed by atoms with E-state index in [1.165, 1.54) is 5.75 Å². The molecule has 0 bridgehead atoms. The Morgan fingerprint density at radius 3 is 2.92 bits per heavy atom. The quantitative estimate of drug-likeness (QED) is 0.745. The van der Waals surface area contributed by atoms with Gasteiger partial charge in [-0.3, -0.25) is 0 Å². The van der Waals surface area contributed by atoms with E-state index in [4.69, 9.17) is 4.42 Å². The highest BCUT2D eigenvalue weighted by molar-refractivity contribution is 7.99. The van der Waals surface area contributed by atoms with Gasteiger partial charge >= 0.3 is 0 Å². The standard InChI is InChI=1S/C9H14N2OS/c1-6-7(2)12-9(11-6)8-5-13-4-3-10-8/h8,10H,3-5H2,1-2H3. The number of rotatable bonds is 1. The third kappa shape index (κ3) is 1.89. The fourth-order valence-corrected chi connectivity index (χ4v) is 2.30. The number of oxazole rings is 1. The Morgan fingerprint density at radius 2 is 2.38 bits per heavy atom. The van der Waals surface area contributed by atoms with E-state index < -0.39 is 0 Å². The molecule has 0 radical (unpaired) electrons. The van der Waals surface area contributed by atoms with Crippen LogP contribution in [0.4, 0.5) is 0 Å². The third-order valence-electron chi connectivity index (χ3n) is 2.26. The summed E-state index contributed by atoms with van der Waals surface area (Å²) in [5, 5.41) is 3.40. The van der Waals surface area contributed by atoms with Gasteiger partial charge in [0.25, 0.3) is 0 Å². The summed E-state index contributed by atoms with van der Waals surface area (Å²) >= 11 is 1.95. The largest absolute Gasteiger partial charge is 0.444 e. The second kappa shape index (κ2) is 3.72. The lowest BCUT2D eigenvalue weighted by molar-refractivity contribution is 0.408. The van der Waals surface area contributed by atoms with Crippen molar-refractivity contribution in [2.24, 2.45) is 0 Å². The van der Waals surface area contributed by atoms with Crippen LogP contribution in [0.5, 0.6) is 0 Å². The van der Waals surface area contributed by atoms with Crippen molar-refractivity contribution in [3.05, 3.63) is 17.3 Å². The van der Waals surface area contributed by atoms with Crippen LogP contribution in [0.15, 0.2) is 4.42 Å². The summed E-state index contributed by atoms with van der Waals surface area (Å²) in [5.41, 5.74) is 1.01. The molecular formula is C9H14N2OS. The summed E-state index contributed by atoms with van der Waals surface area (Å²) in [6, 6.07) is 0.311. The monoisotopic (exact) mass is 198 g/mol. The van der Waals surface area contributed by atoms with Crippen molar-refractivity contribution in [1.82, 2.24) is 10.3 Å². The molecule has 2 rings (SSSR count). The Hall–Kier alpha value is -0.480. The highest BCUT2D eigenvalue weighted by atomic mass is 32.2. The van der Waals surface area contributed by atoms with E-state index in [-0.39, 0.29) is 0 Å². The minimum atomic E-state index is 0.311. The molecule has 0 aliphatic carbocycles. The molecule has 1 saturated heterocycles. The first-order valence-corrected chi connectivity index (χ1v) is 5.68. The van der Waals surface area contributed by atoms with E-state index in [2.05, 4.69) is 10.3 Å². The molecule has 4 heteroatoms. The van der Waals surface area contributed by atoms with Gasteiger partial charge in [0, 0.05) is 18.1 Å². The Morgan fingerprint density at radius 1 is 1.54 bits per heavy atom. The molecule has 3 nitrogen and oxygen atoms in total. The maximum atomic E-state index is 5.57. The van der Waals surface area contributed by atoms with Gasteiger partial charge in [0.15, 0.2) is 0 Å². The van der Waals surface area contributed by atoms with E-state index in [0.717, 1.165) is 29.6 Å². The zero-order valence-electron chi connectivity index (χ0n) is 7.96. The summed E-state index contributed by atoms with van der Waals surface area (Å²) in [7, 11) is 0. The number of thioether (sulfide) groups is 1. The van der Waals surface area contributed by atoms with E-state index >= 15 is 0 Å². The van der Waals surface area contributed by atoms with Gasteiger partial charge < -0.3 is 9.73 Å². The average Bonchev–Trinajstić information content (AvgIpc) is 2.49. The van der Waals surface area contributed by atoms with Crippen LogP contribution in [-0.2, 0) is 0 Å². The summed E-state index contributed by atoms with van der Waals surface area (Å²) in [6.45, 7) is 5.00. The lowest BCUT2D eigenvalue weighted by Crippen LogP contribution is -2.30. The Balaban J connectivity index is 2.14. The van der Waals surface area contributed by atoms with Gasteiger partial charge in [-0.1, -0.05) is 0 Å². The molecule has 0 spiro atoms. The predicted octanol–water partition coefficient (Wildman–Crippen LogP) is 1.67. The summed E-state index contributed by atoms with van der Waals surface area (Å²) < 4.78 is 5.57. The van der Waals surface area contributed by atoms with Gasteiger partial charge in [0.05, 0.1) is 11.7 Å². The van der Waals surface area contributed by atoms with E-state index in [1.54, 1.807) is 0 Å². The highest BCUT2D eigenvalue weighted by Crippen LogP contribution is 2.22. The van der Waals surface area contributed by atoms with Gasteiger partial charge in [-0.15, -0.1) is 0 Å². The maximum Gasteiger partial charge on any atom is 0.212 e. The number of hydrogen-bond donors (Lipinski definition) is 1. The van der Waals surface area contributed by atoms with Crippen molar-refractivity contribution in [1.29, 1.82) is 0 Å². The van der Waals surface area contributed by atoms with Crippen molar-refractivity contribution >= 4 is 11.8 Å². The minimum absolute atomic E-state index is 0.311. The molecule has 1 aliphatic heterocycles. The van der Waals surface area contributed by atoms with Crippen LogP contribution in [-0.4, -0.2) is 23.0 Å². The van der Waals surface area contributed by atoms with Crippen molar-refractivity contribution in [3.8, 4) is 0 Å². The minimum Gasteiger partial charge on any atom is -0.444 e. The molecule has 0 saturated carbocycles. The molecule has 0 aromatic carbocycles. The van der Waals surface area contributed by atoms with Crippen LogP contribution in [0.3, 0.4) is 0 Å². The van der Waals surface area contributed by atoms with Crippen LogP contribution in [0.2, 0.25) is 0 Å². The molecule has 1 fully saturated rings. The van der Waals surface area contributed by atoms with Crippen LogP contribution in [0, 0.1) is 13.8 Å². The average molecular weight is 198 g/mol. The topological polar surface area (TPSA) is 38.1 Å². The number of nitrogens with zero attached hydrogens (tertiary/aromatic N) is 1. The molecular weight excluding hydrogens is 184 g/mol. The van der Waals surface area contributed by atoms with E-state index in [9.17, 15) is 0 Å². The first-order valence-electron chi connectivity index (χ1n) is 4.52. The van der Waals surface area contributed by atoms with Crippen LogP contribution in [0.25, 0.3) is 0 Å². The molecule has 0 amide bonds. The van der Waals surface area contributed by atoms with Gasteiger partial charge in [0.1, 0.15) is 5.76 Å². The molecule has 1 aromatic heterocycles. The molecule has 2 heterocycles. The molecule has 1 unspecified atom stereocenters. The normalized spacial score (nSPS) is 23.4. The van der Waals surface area contributed by atoms with Gasteiger partial charge in [-0.25, -0.2) is 4.98 Å². The molecule has 13 heavy (non-hydrogen) atoms. The molecule has 1 atom stereocenters. The van der Waals surface area contributed by atoms with Gasteiger partial charge in [0.2, 0.25) is 5.89 Å². The second-order valence-corrected chi connectivity index (χ2v) is 4.43. The third-order valence-corrected chi connectivity index (χ3v) is 3.33. The lowest BCUT2D eigenvalue weighted by atomic mass is 10.3. The van der Waals surface area contributed by atoms with E-state index in [1.807, 2.05) is 25.6 Å². The Kier molecular flexibility index (Phi) is 2.60. The first-order chi connectivity index (χ1) is 6.27. The van der Waals surface area contributed by atoms with Crippen LogP contribution in [0.1, 0.15) is 23.4 Å². The number of hydrogen-bond acceptors (Lipinski definition) is 4. The summed E-state index contributed by atoms with van der Waals surface area (Å²) in [4.78, 5) is 4.39. The van der Waals surface area contributed by atoms with Crippen molar-refractivity contribution < 1.29 is 4.42 Å². The van der Waals surface area contributed by atoms with Crippen LogP contribution < -0.4 is 5.32 Å². The van der Waals surface area contributed by atoms with Crippen LogP contribution >= 0.6 is 11.8 Å². The van der Waals surface area contributed by atoms with Crippen molar-refractivity contribution in [2.45, 2.75) is 19.9 Å². The summed E-state index contributed by atoms with van der Waals surface area (Å²) in [5.74, 6) is 4.05. The Labute approximate surface area is 82.3 Å². The SMILES string of the molecule is Cc1nc(C2CSCCN2)oc1C. The lowest BCUT2D eigenvalue weighted by Gasteiger charge is -2.19.